The molecule has 0 radical (unpaired) electrons. The van der Waals surface area contributed by atoms with Crippen LogP contribution in [0.4, 0.5) is 0 Å². The first-order valence-electron chi connectivity index (χ1n) is 8.13. The summed E-state index contributed by atoms with van der Waals surface area (Å²) in [4.78, 5) is 2.40. The zero-order valence-corrected chi connectivity index (χ0v) is 14.5. The van der Waals surface area contributed by atoms with Crippen molar-refractivity contribution < 1.29 is 9.15 Å². The summed E-state index contributed by atoms with van der Waals surface area (Å²) in [6.07, 6.45) is 2.56. The monoisotopic (exact) mass is 333 g/mol. The molecule has 0 saturated carbocycles. The highest BCUT2D eigenvalue weighted by atomic mass is 32.2. The van der Waals surface area contributed by atoms with Crippen molar-refractivity contribution >= 4 is 11.8 Å². The van der Waals surface area contributed by atoms with Crippen LogP contribution in [-0.2, 0) is 0 Å². The van der Waals surface area contributed by atoms with E-state index in [0.717, 1.165) is 23.6 Å². The van der Waals surface area contributed by atoms with E-state index >= 15 is 0 Å². The molecule has 0 bridgehead atoms. The van der Waals surface area contributed by atoms with Gasteiger partial charge in [-0.15, -0.1) is 10.2 Å². The van der Waals surface area contributed by atoms with Crippen LogP contribution in [-0.4, -0.2) is 47.6 Å². The van der Waals surface area contributed by atoms with E-state index in [4.69, 9.17) is 9.15 Å². The Kier molecular flexibility index (Phi) is 5.56. The number of benzene rings is 1. The molecule has 3 rings (SSSR count). The van der Waals surface area contributed by atoms with Gasteiger partial charge in [-0.2, -0.15) is 0 Å². The summed E-state index contributed by atoms with van der Waals surface area (Å²) in [7, 11) is 2.19. The first-order chi connectivity index (χ1) is 11.3. The number of likely N-dealkylation sites (tertiary alicyclic amines) is 1. The van der Waals surface area contributed by atoms with Crippen molar-refractivity contribution in [2.75, 3.05) is 32.5 Å². The number of hydrogen-bond acceptors (Lipinski definition) is 6. The summed E-state index contributed by atoms with van der Waals surface area (Å²) in [6.45, 7) is 4.94. The van der Waals surface area contributed by atoms with Crippen molar-refractivity contribution in [1.29, 1.82) is 0 Å². The number of nitrogens with zero attached hydrogens (tertiary/aromatic N) is 3. The van der Waals surface area contributed by atoms with Gasteiger partial charge < -0.3 is 14.1 Å². The lowest BCUT2D eigenvalue weighted by Gasteiger charge is -2.28. The van der Waals surface area contributed by atoms with Crippen molar-refractivity contribution in [2.24, 2.45) is 5.92 Å². The molecule has 23 heavy (non-hydrogen) atoms. The number of ether oxygens (including phenoxy) is 1. The van der Waals surface area contributed by atoms with Crippen LogP contribution in [0, 0.1) is 5.92 Å². The van der Waals surface area contributed by atoms with Crippen LogP contribution in [0.3, 0.4) is 0 Å². The maximum atomic E-state index is 5.82. The lowest BCUT2D eigenvalue weighted by molar-refractivity contribution is 0.224. The minimum Gasteiger partial charge on any atom is -0.493 e. The van der Waals surface area contributed by atoms with Crippen LogP contribution >= 0.6 is 11.8 Å². The van der Waals surface area contributed by atoms with E-state index < -0.39 is 0 Å². The fourth-order valence-corrected chi connectivity index (χ4v) is 3.79. The van der Waals surface area contributed by atoms with Crippen molar-refractivity contribution in [1.82, 2.24) is 15.1 Å². The molecule has 0 aliphatic carbocycles. The molecule has 1 aromatic carbocycles. The van der Waals surface area contributed by atoms with Crippen LogP contribution in [0.2, 0.25) is 0 Å². The van der Waals surface area contributed by atoms with E-state index in [1.54, 1.807) is 11.8 Å². The molecule has 2 aromatic rings. The van der Waals surface area contributed by atoms with Gasteiger partial charge in [0.1, 0.15) is 5.75 Å². The Morgan fingerprint density at radius 3 is 3.04 bits per heavy atom. The Morgan fingerprint density at radius 2 is 2.22 bits per heavy atom. The number of thioether (sulfide) groups is 1. The topological polar surface area (TPSA) is 51.4 Å². The Hall–Kier alpha value is -1.53. The molecule has 2 heterocycles. The van der Waals surface area contributed by atoms with Crippen LogP contribution in [0.5, 0.6) is 5.75 Å². The second-order valence-corrected chi connectivity index (χ2v) is 6.86. The predicted molar refractivity (Wildman–Crippen MR) is 91.8 cm³/mol. The molecule has 0 spiro atoms. The summed E-state index contributed by atoms with van der Waals surface area (Å²) >= 11 is 1.66. The molecule has 1 saturated heterocycles. The van der Waals surface area contributed by atoms with Gasteiger partial charge in [-0.05, 0) is 51.4 Å². The lowest BCUT2D eigenvalue weighted by Crippen LogP contribution is -2.33. The Labute approximate surface area is 141 Å². The van der Waals surface area contributed by atoms with Gasteiger partial charge in [0.25, 0.3) is 11.1 Å². The summed E-state index contributed by atoms with van der Waals surface area (Å²) in [5.74, 6) is 3.03. The van der Waals surface area contributed by atoms with Crippen molar-refractivity contribution in [3.8, 4) is 17.2 Å². The van der Waals surface area contributed by atoms with Gasteiger partial charge in [0.2, 0.25) is 0 Å². The maximum absolute atomic E-state index is 5.82. The number of rotatable bonds is 6. The van der Waals surface area contributed by atoms with E-state index in [1.807, 2.05) is 31.2 Å². The number of piperidine rings is 1. The van der Waals surface area contributed by atoms with E-state index in [2.05, 4.69) is 22.1 Å². The maximum Gasteiger partial charge on any atom is 0.276 e. The van der Waals surface area contributed by atoms with Gasteiger partial charge in [0.05, 0.1) is 12.2 Å². The SMILES string of the molecule is CCOc1ccccc1-c1nnc(SC[C@H]2CCCN(C)C2)o1. The third-order valence-electron chi connectivity index (χ3n) is 3.99. The molecule has 1 fully saturated rings. The van der Waals surface area contributed by atoms with Gasteiger partial charge in [0, 0.05) is 12.3 Å². The van der Waals surface area contributed by atoms with Gasteiger partial charge in [-0.3, -0.25) is 0 Å². The first-order valence-corrected chi connectivity index (χ1v) is 9.12. The number of hydrogen-bond donors (Lipinski definition) is 0. The molecule has 0 unspecified atom stereocenters. The average molecular weight is 333 g/mol. The van der Waals surface area contributed by atoms with E-state index in [0.29, 0.717) is 23.6 Å². The highest BCUT2D eigenvalue weighted by molar-refractivity contribution is 7.99. The third-order valence-corrected chi connectivity index (χ3v) is 5.04. The predicted octanol–water partition coefficient (Wildman–Crippen LogP) is 3.57. The largest absolute Gasteiger partial charge is 0.493 e. The molecular formula is C17H23N3O2S. The van der Waals surface area contributed by atoms with Gasteiger partial charge in [-0.25, -0.2) is 0 Å². The van der Waals surface area contributed by atoms with Crippen LogP contribution < -0.4 is 4.74 Å². The molecule has 1 aromatic heterocycles. The minimum atomic E-state index is 0.525. The summed E-state index contributed by atoms with van der Waals surface area (Å²) in [5.41, 5.74) is 0.853. The Balaban J connectivity index is 1.64. The molecule has 124 valence electrons. The van der Waals surface area contributed by atoms with Crippen molar-refractivity contribution in [3.05, 3.63) is 24.3 Å². The van der Waals surface area contributed by atoms with Gasteiger partial charge in [-0.1, -0.05) is 23.9 Å². The van der Waals surface area contributed by atoms with Gasteiger partial charge in [0.15, 0.2) is 0 Å². The van der Waals surface area contributed by atoms with E-state index in [1.165, 1.54) is 19.4 Å². The van der Waals surface area contributed by atoms with Gasteiger partial charge >= 0.3 is 0 Å². The number of aromatic nitrogens is 2. The summed E-state index contributed by atoms with van der Waals surface area (Å²) in [5, 5.41) is 8.99. The standard InChI is InChI=1S/C17H23N3O2S/c1-3-21-15-9-5-4-8-14(15)16-18-19-17(22-16)23-12-13-7-6-10-20(2)11-13/h4-5,8-9,13H,3,6-7,10-12H2,1-2H3/t13-/m0/s1. The fraction of sp³-hybridized carbons (Fsp3) is 0.529. The Bertz CT molecular complexity index is 632. The highest BCUT2D eigenvalue weighted by Gasteiger charge is 2.19. The van der Waals surface area contributed by atoms with Crippen LogP contribution in [0.1, 0.15) is 19.8 Å². The minimum absolute atomic E-state index is 0.525. The van der Waals surface area contributed by atoms with Crippen molar-refractivity contribution in [2.45, 2.75) is 25.0 Å². The smallest absolute Gasteiger partial charge is 0.276 e. The van der Waals surface area contributed by atoms with E-state index in [-0.39, 0.29) is 0 Å². The molecule has 6 heteroatoms. The van der Waals surface area contributed by atoms with Crippen molar-refractivity contribution in [3.63, 3.8) is 0 Å². The molecule has 0 N–H and O–H groups in total. The number of para-hydroxylation sites is 1. The molecule has 0 amide bonds. The molecule has 1 aliphatic heterocycles. The molecular weight excluding hydrogens is 310 g/mol. The van der Waals surface area contributed by atoms with Crippen LogP contribution in [0.25, 0.3) is 11.5 Å². The second kappa shape index (κ2) is 7.84. The zero-order valence-electron chi connectivity index (χ0n) is 13.7. The Morgan fingerprint density at radius 1 is 1.35 bits per heavy atom. The quantitative estimate of drug-likeness (QED) is 0.753. The fourth-order valence-electron chi connectivity index (χ4n) is 2.90. The third kappa shape index (κ3) is 4.26. The zero-order chi connectivity index (χ0) is 16.1. The highest BCUT2D eigenvalue weighted by Crippen LogP contribution is 2.31. The van der Waals surface area contributed by atoms with Crippen LogP contribution in [0.15, 0.2) is 33.9 Å². The normalized spacial score (nSPS) is 19.0. The average Bonchev–Trinajstić information content (AvgIpc) is 3.03. The molecule has 5 nitrogen and oxygen atoms in total. The van der Waals surface area contributed by atoms with E-state index in [9.17, 15) is 0 Å². The summed E-state index contributed by atoms with van der Waals surface area (Å²) in [6, 6.07) is 7.77. The molecule has 1 atom stereocenters. The second-order valence-electron chi connectivity index (χ2n) is 5.88. The molecule has 1 aliphatic rings. The first kappa shape index (κ1) is 16.3. The lowest BCUT2D eigenvalue weighted by atomic mass is 10.0. The summed E-state index contributed by atoms with van der Waals surface area (Å²) < 4.78 is 11.4.